The third-order valence-electron chi connectivity index (χ3n) is 1.65. The van der Waals surface area contributed by atoms with Gasteiger partial charge in [-0.2, -0.15) is 0 Å². The largest absolute Gasteiger partial charge is 0.484 e. The summed E-state index contributed by atoms with van der Waals surface area (Å²) in [7, 11) is 0. The maximum Gasteiger partial charge on any atom is 0.276 e. The average Bonchev–Trinajstić information content (AvgIpc) is 2.35. The Morgan fingerprint density at radius 3 is 2.35 bits per heavy atom. The van der Waals surface area contributed by atoms with E-state index in [1.165, 1.54) is 0 Å². The van der Waals surface area contributed by atoms with Crippen molar-refractivity contribution in [3.8, 4) is 5.75 Å². The number of halogens is 2. The van der Waals surface area contributed by atoms with Crippen molar-refractivity contribution < 1.29 is 14.3 Å². The smallest absolute Gasteiger partial charge is 0.276 e. The van der Waals surface area contributed by atoms with Crippen LogP contribution in [0, 0.1) is 0 Å². The molecule has 1 aromatic rings. The maximum absolute atomic E-state index is 11.2. The Morgan fingerprint density at radius 1 is 1.18 bits per heavy atom. The normalized spacial score (nSPS) is 9.53. The van der Waals surface area contributed by atoms with Crippen molar-refractivity contribution in [2.24, 2.45) is 0 Å². The minimum Gasteiger partial charge on any atom is -0.484 e. The summed E-state index contributed by atoms with van der Waals surface area (Å²) in [6.07, 6.45) is 0. The van der Waals surface area contributed by atoms with E-state index in [0.29, 0.717) is 5.75 Å². The predicted octanol–water partition coefficient (Wildman–Crippen LogP) is 1.21. The molecule has 1 aromatic carbocycles. The van der Waals surface area contributed by atoms with Crippen LogP contribution >= 0.6 is 27.5 Å². The Balaban J connectivity index is 2.28. The molecule has 7 heteroatoms. The van der Waals surface area contributed by atoms with E-state index in [1.807, 2.05) is 0 Å². The first-order chi connectivity index (χ1) is 8.11. The van der Waals surface area contributed by atoms with E-state index >= 15 is 0 Å². The molecular formula is C10H10BrClN2O3. The molecule has 0 bridgehead atoms. The van der Waals surface area contributed by atoms with Crippen LogP contribution in [-0.4, -0.2) is 24.3 Å². The lowest BCUT2D eigenvalue weighted by molar-refractivity contribution is -0.128. The van der Waals surface area contributed by atoms with Gasteiger partial charge in [-0.25, -0.2) is 0 Å². The number of carbonyl (C=O) groups excluding carboxylic acids is 2. The molecule has 2 N–H and O–H groups in total. The van der Waals surface area contributed by atoms with E-state index in [1.54, 1.807) is 24.3 Å². The van der Waals surface area contributed by atoms with Gasteiger partial charge in [-0.05, 0) is 24.3 Å². The number of amides is 2. The first kappa shape index (κ1) is 13.8. The molecule has 1 rings (SSSR count). The van der Waals surface area contributed by atoms with Gasteiger partial charge in [0.25, 0.3) is 11.8 Å². The minimum absolute atomic E-state index is 0.190. The molecule has 0 aliphatic rings. The molecule has 0 saturated carbocycles. The summed E-state index contributed by atoms with van der Waals surface area (Å²) in [4.78, 5) is 21.9. The number of hydrogen-bond donors (Lipinski definition) is 2. The summed E-state index contributed by atoms with van der Waals surface area (Å²) in [6, 6.07) is 7.02. The molecule has 17 heavy (non-hydrogen) atoms. The topological polar surface area (TPSA) is 67.4 Å². The highest BCUT2D eigenvalue weighted by Gasteiger charge is 2.04. The monoisotopic (exact) mass is 320 g/mol. The number of hydrogen-bond acceptors (Lipinski definition) is 3. The van der Waals surface area contributed by atoms with Crippen LogP contribution in [0.1, 0.15) is 0 Å². The zero-order chi connectivity index (χ0) is 12.7. The van der Waals surface area contributed by atoms with E-state index in [4.69, 9.17) is 16.3 Å². The molecule has 0 spiro atoms. The molecule has 0 atom stereocenters. The van der Waals surface area contributed by atoms with Gasteiger partial charge in [0.05, 0.1) is 0 Å². The van der Waals surface area contributed by atoms with Gasteiger partial charge >= 0.3 is 0 Å². The van der Waals surface area contributed by atoms with Gasteiger partial charge < -0.3 is 4.74 Å². The Kier molecular flexibility index (Phi) is 5.79. The molecule has 0 saturated heterocycles. The first-order valence-electron chi connectivity index (χ1n) is 4.64. The fourth-order valence-electron chi connectivity index (χ4n) is 0.889. The van der Waals surface area contributed by atoms with Crippen LogP contribution in [0.4, 0.5) is 0 Å². The number of carbonyl (C=O) groups is 2. The Hall–Kier alpha value is -1.27. The highest BCUT2D eigenvalue weighted by Crippen LogP contribution is 2.15. The van der Waals surface area contributed by atoms with E-state index in [9.17, 15) is 9.59 Å². The summed E-state index contributed by atoms with van der Waals surface area (Å²) in [6.45, 7) is -0.190. The molecule has 92 valence electrons. The van der Waals surface area contributed by atoms with Crippen LogP contribution in [0.2, 0.25) is 0 Å². The lowest BCUT2D eigenvalue weighted by atomic mass is 10.3. The van der Waals surface area contributed by atoms with Crippen LogP contribution in [0.3, 0.4) is 0 Å². The van der Waals surface area contributed by atoms with Crippen LogP contribution in [0.25, 0.3) is 0 Å². The third-order valence-corrected chi connectivity index (χ3v) is 2.42. The van der Waals surface area contributed by atoms with Gasteiger partial charge in [-0.3, -0.25) is 20.4 Å². The second-order valence-corrected chi connectivity index (χ2v) is 4.16. The number of ether oxygens (including phenoxy) is 1. The zero-order valence-electron chi connectivity index (χ0n) is 8.70. The Labute approximate surface area is 112 Å². The van der Waals surface area contributed by atoms with Crippen molar-refractivity contribution in [1.29, 1.82) is 0 Å². The fourth-order valence-corrected chi connectivity index (χ4v) is 1.22. The van der Waals surface area contributed by atoms with Gasteiger partial charge in [-0.15, -0.1) is 11.6 Å². The Morgan fingerprint density at radius 2 is 1.76 bits per heavy atom. The van der Waals surface area contributed by atoms with Crippen molar-refractivity contribution in [3.05, 3.63) is 28.7 Å². The number of hydrazine groups is 1. The fraction of sp³-hybridized carbons (Fsp3) is 0.200. The average molecular weight is 322 g/mol. The lowest BCUT2D eigenvalue weighted by Crippen LogP contribution is -2.44. The summed E-state index contributed by atoms with van der Waals surface area (Å²) < 4.78 is 6.09. The first-order valence-corrected chi connectivity index (χ1v) is 5.96. The van der Waals surface area contributed by atoms with Crippen molar-refractivity contribution in [1.82, 2.24) is 10.9 Å². The second-order valence-electron chi connectivity index (χ2n) is 2.97. The molecule has 0 aliphatic heterocycles. The number of alkyl halides is 1. The maximum atomic E-state index is 11.2. The molecule has 0 aromatic heterocycles. The van der Waals surface area contributed by atoms with Crippen molar-refractivity contribution in [3.63, 3.8) is 0 Å². The van der Waals surface area contributed by atoms with E-state index < -0.39 is 11.8 Å². The number of rotatable bonds is 4. The molecule has 2 amide bonds. The van der Waals surface area contributed by atoms with Crippen LogP contribution in [0.15, 0.2) is 28.7 Å². The van der Waals surface area contributed by atoms with Crippen molar-refractivity contribution >= 4 is 39.3 Å². The zero-order valence-corrected chi connectivity index (χ0v) is 11.0. The number of nitrogens with one attached hydrogen (secondary N) is 2. The van der Waals surface area contributed by atoms with Gasteiger partial charge in [0, 0.05) is 4.47 Å². The standard InChI is InChI=1S/C10H10BrClN2O3/c11-7-1-3-8(4-2-7)17-6-10(16)14-13-9(15)5-12/h1-4H,5-6H2,(H,13,15)(H,14,16). The lowest BCUT2D eigenvalue weighted by Gasteiger charge is -2.07. The number of benzene rings is 1. The van der Waals surface area contributed by atoms with E-state index in [2.05, 4.69) is 26.8 Å². The Bertz CT molecular complexity index is 397. The van der Waals surface area contributed by atoms with Gasteiger partial charge in [-0.1, -0.05) is 15.9 Å². The molecule has 0 fully saturated rings. The molecule has 0 unspecified atom stereocenters. The van der Waals surface area contributed by atoms with Gasteiger partial charge in [0.1, 0.15) is 11.6 Å². The quantitative estimate of drug-likeness (QED) is 0.647. The molecule has 0 heterocycles. The third kappa shape index (κ3) is 5.55. The van der Waals surface area contributed by atoms with E-state index in [-0.39, 0.29) is 12.5 Å². The second kappa shape index (κ2) is 7.13. The van der Waals surface area contributed by atoms with Crippen LogP contribution in [-0.2, 0) is 9.59 Å². The van der Waals surface area contributed by atoms with Crippen molar-refractivity contribution in [2.45, 2.75) is 0 Å². The SMILES string of the molecule is O=C(CCl)NNC(=O)COc1ccc(Br)cc1. The highest BCUT2D eigenvalue weighted by molar-refractivity contribution is 9.10. The summed E-state index contributed by atoms with van der Waals surface area (Å²) in [5.41, 5.74) is 4.28. The van der Waals surface area contributed by atoms with Crippen LogP contribution < -0.4 is 15.6 Å². The van der Waals surface area contributed by atoms with Gasteiger partial charge in [0.15, 0.2) is 6.61 Å². The summed E-state index contributed by atoms with van der Waals surface area (Å²) in [5.74, 6) is -0.601. The summed E-state index contributed by atoms with van der Waals surface area (Å²) >= 11 is 8.50. The molecule has 0 aliphatic carbocycles. The molecular weight excluding hydrogens is 311 g/mol. The minimum atomic E-state index is -0.483. The van der Waals surface area contributed by atoms with Crippen molar-refractivity contribution in [2.75, 3.05) is 12.5 Å². The van der Waals surface area contributed by atoms with Gasteiger partial charge in [0.2, 0.25) is 0 Å². The highest BCUT2D eigenvalue weighted by atomic mass is 79.9. The molecule has 5 nitrogen and oxygen atoms in total. The predicted molar refractivity (Wildman–Crippen MR) is 66.6 cm³/mol. The summed E-state index contributed by atoms with van der Waals surface area (Å²) in [5, 5.41) is 0. The van der Waals surface area contributed by atoms with E-state index in [0.717, 1.165) is 4.47 Å². The van der Waals surface area contributed by atoms with Crippen LogP contribution in [0.5, 0.6) is 5.75 Å². The molecule has 0 radical (unpaired) electrons.